The Hall–Kier alpha value is -2.33. The number of aryl methyl sites for hydroxylation is 2. The first-order chi connectivity index (χ1) is 12.0. The van der Waals surface area contributed by atoms with E-state index in [1.54, 1.807) is 0 Å². The Morgan fingerprint density at radius 2 is 1.80 bits per heavy atom. The maximum absolute atomic E-state index is 12.4. The average molecular weight is 337 g/mol. The average Bonchev–Trinajstić information content (AvgIpc) is 2.58. The molecule has 4 nitrogen and oxygen atoms in total. The monoisotopic (exact) mass is 337 g/mol. The zero-order valence-corrected chi connectivity index (χ0v) is 15.3. The quantitative estimate of drug-likeness (QED) is 0.928. The summed E-state index contributed by atoms with van der Waals surface area (Å²) < 4.78 is 0. The van der Waals surface area contributed by atoms with E-state index in [1.165, 1.54) is 11.3 Å². The van der Waals surface area contributed by atoms with Gasteiger partial charge in [-0.2, -0.15) is 0 Å². The highest BCUT2D eigenvalue weighted by Gasteiger charge is 2.25. The van der Waals surface area contributed by atoms with Gasteiger partial charge < -0.3 is 10.2 Å². The Morgan fingerprint density at radius 1 is 1.08 bits per heavy atom. The van der Waals surface area contributed by atoms with E-state index in [2.05, 4.69) is 53.2 Å². The third kappa shape index (κ3) is 4.40. The lowest BCUT2D eigenvalue weighted by Crippen LogP contribution is -2.53. The second-order valence-electron chi connectivity index (χ2n) is 6.98. The lowest BCUT2D eigenvalue weighted by molar-refractivity contribution is -0.117. The van der Waals surface area contributed by atoms with Crippen molar-refractivity contribution >= 4 is 17.3 Å². The molecule has 1 N–H and O–H groups in total. The summed E-state index contributed by atoms with van der Waals surface area (Å²) in [4.78, 5) is 17.0. The first kappa shape index (κ1) is 17.5. The molecular formula is C21H27N3O. The van der Waals surface area contributed by atoms with E-state index < -0.39 is 0 Å². The number of amides is 1. The molecule has 0 saturated carbocycles. The van der Waals surface area contributed by atoms with E-state index in [1.807, 2.05) is 31.2 Å². The van der Waals surface area contributed by atoms with Crippen molar-refractivity contribution < 1.29 is 4.79 Å². The van der Waals surface area contributed by atoms with Crippen LogP contribution in [0.25, 0.3) is 0 Å². The maximum atomic E-state index is 12.4. The maximum Gasteiger partial charge on any atom is 0.238 e. The van der Waals surface area contributed by atoms with Gasteiger partial charge >= 0.3 is 0 Å². The zero-order valence-electron chi connectivity index (χ0n) is 15.3. The van der Waals surface area contributed by atoms with Crippen LogP contribution in [0.5, 0.6) is 0 Å². The molecule has 1 saturated heterocycles. The lowest BCUT2D eigenvalue weighted by atomic mass is 10.1. The van der Waals surface area contributed by atoms with Crippen LogP contribution in [0.4, 0.5) is 11.4 Å². The minimum Gasteiger partial charge on any atom is -0.366 e. The lowest BCUT2D eigenvalue weighted by Gasteiger charge is -2.41. The van der Waals surface area contributed by atoms with Crippen LogP contribution in [0.15, 0.2) is 48.5 Å². The van der Waals surface area contributed by atoms with Crippen LogP contribution in [0, 0.1) is 13.8 Å². The Kier molecular flexibility index (Phi) is 5.39. The normalized spacial score (nSPS) is 18.2. The fraction of sp³-hybridized carbons (Fsp3) is 0.381. The fourth-order valence-electron chi connectivity index (χ4n) is 3.40. The van der Waals surface area contributed by atoms with Gasteiger partial charge in [0.15, 0.2) is 0 Å². The predicted molar refractivity (Wildman–Crippen MR) is 104 cm³/mol. The van der Waals surface area contributed by atoms with Gasteiger partial charge in [0.25, 0.3) is 0 Å². The summed E-state index contributed by atoms with van der Waals surface area (Å²) >= 11 is 0. The molecule has 0 bridgehead atoms. The second kappa shape index (κ2) is 7.70. The molecule has 1 aliphatic rings. The first-order valence-corrected chi connectivity index (χ1v) is 8.94. The van der Waals surface area contributed by atoms with Crippen molar-refractivity contribution in [2.24, 2.45) is 0 Å². The molecule has 25 heavy (non-hydrogen) atoms. The number of anilines is 2. The van der Waals surface area contributed by atoms with Crippen molar-refractivity contribution in [1.82, 2.24) is 4.90 Å². The smallest absolute Gasteiger partial charge is 0.238 e. The van der Waals surface area contributed by atoms with Crippen LogP contribution in [0.2, 0.25) is 0 Å². The van der Waals surface area contributed by atoms with Crippen LogP contribution >= 0.6 is 0 Å². The highest BCUT2D eigenvalue weighted by molar-refractivity contribution is 5.92. The molecule has 3 rings (SSSR count). The molecule has 1 aliphatic heterocycles. The van der Waals surface area contributed by atoms with Crippen LogP contribution < -0.4 is 10.2 Å². The molecule has 1 amide bonds. The molecule has 1 unspecified atom stereocenters. The summed E-state index contributed by atoms with van der Waals surface area (Å²) in [6, 6.07) is 17.0. The summed E-state index contributed by atoms with van der Waals surface area (Å²) in [5.74, 6) is 0.0604. The number of carbonyl (C=O) groups excluding carboxylic acids is 1. The van der Waals surface area contributed by atoms with E-state index in [0.717, 1.165) is 30.9 Å². The number of hydrogen-bond acceptors (Lipinski definition) is 3. The summed E-state index contributed by atoms with van der Waals surface area (Å²) in [6.07, 6.45) is 0. The summed E-state index contributed by atoms with van der Waals surface area (Å²) in [7, 11) is 0. The third-order valence-corrected chi connectivity index (χ3v) is 4.86. The van der Waals surface area contributed by atoms with Crippen molar-refractivity contribution in [3.8, 4) is 0 Å². The van der Waals surface area contributed by atoms with Crippen molar-refractivity contribution in [1.29, 1.82) is 0 Å². The molecule has 2 aromatic rings. The number of benzene rings is 2. The van der Waals surface area contributed by atoms with Gasteiger partial charge in [0, 0.05) is 37.1 Å². The van der Waals surface area contributed by atoms with Crippen molar-refractivity contribution in [2.75, 3.05) is 36.4 Å². The number of piperazine rings is 1. The topological polar surface area (TPSA) is 35.6 Å². The van der Waals surface area contributed by atoms with Gasteiger partial charge in [-0.1, -0.05) is 35.9 Å². The summed E-state index contributed by atoms with van der Waals surface area (Å²) in [5.41, 5.74) is 4.54. The number of nitrogens with one attached hydrogen (secondary N) is 1. The number of hydrogen-bond donors (Lipinski definition) is 1. The second-order valence-corrected chi connectivity index (χ2v) is 6.98. The molecule has 2 aromatic carbocycles. The molecule has 0 spiro atoms. The largest absolute Gasteiger partial charge is 0.366 e. The van der Waals surface area contributed by atoms with Crippen LogP contribution in [-0.4, -0.2) is 43.0 Å². The highest BCUT2D eigenvalue weighted by atomic mass is 16.2. The van der Waals surface area contributed by atoms with Gasteiger partial charge in [0.05, 0.1) is 6.54 Å². The number of rotatable bonds is 4. The number of carbonyl (C=O) groups is 1. The van der Waals surface area contributed by atoms with Crippen LogP contribution in [0.1, 0.15) is 18.1 Å². The molecular weight excluding hydrogens is 310 g/mol. The molecule has 0 aliphatic carbocycles. The molecule has 1 atom stereocenters. The van der Waals surface area contributed by atoms with Gasteiger partial charge in [-0.05, 0) is 44.5 Å². The van der Waals surface area contributed by atoms with Gasteiger partial charge in [-0.3, -0.25) is 9.69 Å². The van der Waals surface area contributed by atoms with Gasteiger partial charge in [-0.25, -0.2) is 0 Å². The standard InChI is InChI=1S/C21H27N3O/c1-16-8-10-19(11-9-16)24-13-12-23(14-18(24)3)15-21(25)22-20-7-5-4-6-17(20)2/h4-11,18H,12-15H2,1-3H3,(H,22,25). The molecule has 0 radical (unpaired) electrons. The Morgan fingerprint density at radius 3 is 2.48 bits per heavy atom. The number of nitrogens with zero attached hydrogens (tertiary/aromatic N) is 2. The van der Waals surface area contributed by atoms with Crippen LogP contribution in [-0.2, 0) is 4.79 Å². The van der Waals surface area contributed by atoms with Crippen LogP contribution in [0.3, 0.4) is 0 Å². The van der Waals surface area contributed by atoms with Gasteiger partial charge in [-0.15, -0.1) is 0 Å². The Labute approximate surface area is 150 Å². The summed E-state index contributed by atoms with van der Waals surface area (Å²) in [5, 5.41) is 3.03. The SMILES string of the molecule is Cc1ccc(N2CCN(CC(=O)Nc3ccccc3C)CC2C)cc1. The first-order valence-electron chi connectivity index (χ1n) is 8.94. The Bertz CT molecular complexity index is 726. The predicted octanol–water partition coefficient (Wildman–Crippen LogP) is 3.45. The zero-order chi connectivity index (χ0) is 17.8. The molecule has 132 valence electrons. The third-order valence-electron chi connectivity index (χ3n) is 4.86. The molecule has 0 aromatic heterocycles. The van der Waals surface area contributed by atoms with Crippen molar-refractivity contribution in [2.45, 2.75) is 26.8 Å². The van der Waals surface area contributed by atoms with Gasteiger partial charge in [0.1, 0.15) is 0 Å². The summed E-state index contributed by atoms with van der Waals surface area (Å²) in [6.45, 7) is 9.54. The Balaban J connectivity index is 1.55. The molecule has 4 heteroatoms. The van der Waals surface area contributed by atoms with E-state index in [-0.39, 0.29) is 5.91 Å². The van der Waals surface area contributed by atoms with E-state index >= 15 is 0 Å². The molecule has 1 fully saturated rings. The van der Waals surface area contributed by atoms with E-state index in [9.17, 15) is 4.79 Å². The number of para-hydroxylation sites is 1. The van der Waals surface area contributed by atoms with Gasteiger partial charge in [0.2, 0.25) is 5.91 Å². The van der Waals surface area contributed by atoms with E-state index in [4.69, 9.17) is 0 Å². The highest BCUT2D eigenvalue weighted by Crippen LogP contribution is 2.21. The van der Waals surface area contributed by atoms with E-state index in [0.29, 0.717) is 12.6 Å². The fourth-order valence-corrected chi connectivity index (χ4v) is 3.40. The molecule has 1 heterocycles. The minimum atomic E-state index is 0.0604. The van der Waals surface area contributed by atoms with Crippen molar-refractivity contribution in [3.05, 3.63) is 59.7 Å². The minimum absolute atomic E-state index is 0.0604. The van der Waals surface area contributed by atoms with Crippen molar-refractivity contribution in [3.63, 3.8) is 0 Å².